The minimum atomic E-state index is -3.70. The number of nitrogens with zero attached hydrogens (tertiary/aromatic N) is 1. The summed E-state index contributed by atoms with van der Waals surface area (Å²) in [7, 11) is -2.48. The lowest BCUT2D eigenvalue weighted by atomic mass is 10.6. The van der Waals surface area contributed by atoms with Gasteiger partial charge in [0.2, 0.25) is 10.0 Å². The van der Waals surface area contributed by atoms with Crippen LogP contribution in [0.1, 0.15) is 6.92 Å². The lowest BCUT2D eigenvalue weighted by molar-refractivity contribution is -0.140. The first kappa shape index (κ1) is 16.1. The van der Waals surface area contributed by atoms with Gasteiger partial charge in [-0.25, -0.2) is 8.42 Å². The van der Waals surface area contributed by atoms with Crippen molar-refractivity contribution < 1.29 is 17.9 Å². The standard InChI is InChI=1S/C9H11Br2NO4S2/c1-3-12(5-8(13)16-2)18(14,15)6-4-7(10)17-9(6)11/h4H,3,5H2,1-2H3. The quantitative estimate of drug-likeness (QED) is 0.686. The second-order valence-electron chi connectivity index (χ2n) is 3.20. The Morgan fingerprint density at radius 1 is 1.50 bits per heavy atom. The number of esters is 1. The van der Waals surface area contributed by atoms with Gasteiger partial charge in [0.1, 0.15) is 11.4 Å². The van der Waals surface area contributed by atoms with E-state index in [1.165, 1.54) is 24.5 Å². The summed E-state index contributed by atoms with van der Waals surface area (Å²) in [4.78, 5) is 11.3. The maximum Gasteiger partial charge on any atom is 0.321 e. The number of carbonyl (C=O) groups is 1. The molecule has 1 aromatic heterocycles. The Hall–Kier alpha value is 0.0400. The number of ether oxygens (including phenoxy) is 1. The Morgan fingerprint density at radius 3 is 2.50 bits per heavy atom. The van der Waals surface area contributed by atoms with Gasteiger partial charge >= 0.3 is 5.97 Å². The second-order valence-corrected chi connectivity index (χ2v) is 8.85. The van der Waals surface area contributed by atoms with Crippen molar-refractivity contribution in [3.63, 3.8) is 0 Å². The molecule has 0 radical (unpaired) electrons. The summed E-state index contributed by atoms with van der Waals surface area (Å²) < 4.78 is 31.4. The Balaban J connectivity index is 3.11. The van der Waals surface area contributed by atoms with E-state index in [9.17, 15) is 13.2 Å². The van der Waals surface area contributed by atoms with E-state index in [0.717, 1.165) is 4.31 Å². The molecule has 9 heteroatoms. The third-order valence-corrected chi connectivity index (χ3v) is 6.80. The highest BCUT2D eigenvalue weighted by Gasteiger charge is 2.29. The van der Waals surface area contributed by atoms with Crippen LogP contribution in [-0.2, 0) is 19.6 Å². The molecule has 0 N–H and O–H groups in total. The van der Waals surface area contributed by atoms with Gasteiger partial charge in [-0.2, -0.15) is 4.31 Å². The molecule has 0 saturated carbocycles. The van der Waals surface area contributed by atoms with Gasteiger partial charge in [-0.05, 0) is 37.9 Å². The van der Waals surface area contributed by atoms with E-state index in [1.54, 1.807) is 6.92 Å². The summed E-state index contributed by atoms with van der Waals surface area (Å²) >= 11 is 7.69. The molecule has 0 fully saturated rings. The van der Waals surface area contributed by atoms with Crippen molar-refractivity contribution in [2.75, 3.05) is 20.2 Å². The number of rotatable bonds is 5. The zero-order valence-corrected chi connectivity index (χ0v) is 14.4. The summed E-state index contributed by atoms with van der Waals surface area (Å²) in [5.41, 5.74) is 0. The smallest absolute Gasteiger partial charge is 0.321 e. The topological polar surface area (TPSA) is 63.7 Å². The zero-order valence-electron chi connectivity index (χ0n) is 9.64. The molecular formula is C9H11Br2NO4S2. The molecule has 1 heterocycles. The first-order valence-electron chi connectivity index (χ1n) is 4.84. The van der Waals surface area contributed by atoms with Crippen LogP contribution in [0.2, 0.25) is 0 Å². The number of carbonyl (C=O) groups excluding carboxylic acids is 1. The SMILES string of the molecule is CCN(CC(=O)OC)S(=O)(=O)c1cc(Br)sc1Br. The van der Waals surface area contributed by atoms with Crippen molar-refractivity contribution in [1.29, 1.82) is 0 Å². The van der Waals surface area contributed by atoms with E-state index < -0.39 is 16.0 Å². The van der Waals surface area contributed by atoms with Gasteiger partial charge in [0.05, 0.1) is 14.7 Å². The predicted molar refractivity (Wildman–Crippen MR) is 76.2 cm³/mol. The lowest BCUT2D eigenvalue weighted by Crippen LogP contribution is -2.36. The highest BCUT2D eigenvalue weighted by Crippen LogP contribution is 2.36. The largest absolute Gasteiger partial charge is 0.468 e. The Bertz CT molecular complexity index is 541. The zero-order chi connectivity index (χ0) is 13.9. The van der Waals surface area contributed by atoms with Crippen LogP contribution in [0.3, 0.4) is 0 Å². The second kappa shape index (κ2) is 6.47. The minimum Gasteiger partial charge on any atom is -0.468 e. The monoisotopic (exact) mass is 419 g/mol. The van der Waals surface area contributed by atoms with Gasteiger partial charge < -0.3 is 4.74 Å². The molecule has 1 rings (SSSR count). The lowest BCUT2D eigenvalue weighted by Gasteiger charge is -2.18. The van der Waals surface area contributed by atoms with Crippen LogP contribution in [0.4, 0.5) is 0 Å². The maximum absolute atomic E-state index is 12.3. The summed E-state index contributed by atoms with van der Waals surface area (Å²) in [6.07, 6.45) is 0. The van der Waals surface area contributed by atoms with E-state index in [-0.39, 0.29) is 18.0 Å². The third kappa shape index (κ3) is 3.53. The molecule has 0 aliphatic rings. The van der Waals surface area contributed by atoms with Crippen LogP contribution in [0.25, 0.3) is 0 Å². The molecule has 102 valence electrons. The van der Waals surface area contributed by atoms with Crippen molar-refractivity contribution in [3.8, 4) is 0 Å². The summed E-state index contributed by atoms with van der Waals surface area (Å²) in [5, 5.41) is 0. The van der Waals surface area contributed by atoms with Crippen molar-refractivity contribution in [3.05, 3.63) is 13.6 Å². The Labute approximate surface area is 126 Å². The summed E-state index contributed by atoms with van der Waals surface area (Å²) in [5.74, 6) is -0.592. The normalized spacial score (nSPS) is 11.8. The molecule has 0 aromatic carbocycles. The number of sulfonamides is 1. The number of thiophene rings is 1. The van der Waals surface area contributed by atoms with Gasteiger partial charge in [0.15, 0.2) is 0 Å². The highest BCUT2D eigenvalue weighted by molar-refractivity contribution is 9.12. The van der Waals surface area contributed by atoms with E-state index in [1.807, 2.05) is 0 Å². The van der Waals surface area contributed by atoms with Crippen LogP contribution in [0.15, 0.2) is 18.5 Å². The molecule has 18 heavy (non-hydrogen) atoms. The van der Waals surface area contributed by atoms with E-state index in [2.05, 4.69) is 36.6 Å². The van der Waals surface area contributed by atoms with Crippen molar-refractivity contribution in [2.45, 2.75) is 11.8 Å². The Kier molecular flexibility index (Phi) is 5.78. The molecule has 1 aromatic rings. The molecule has 0 unspecified atom stereocenters. The number of hydrogen-bond acceptors (Lipinski definition) is 5. The fourth-order valence-corrected chi connectivity index (χ4v) is 6.37. The highest BCUT2D eigenvalue weighted by atomic mass is 79.9. The fraction of sp³-hybridized carbons (Fsp3) is 0.444. The Morgan fingerprint density at radius 2 is 2.11 bits per heavy atom. The number of methoxy groups -OCH3 is 1. The first-order chi connectivity index (χ1) is 8.32. The molecule has 5 nitrogen and oxygen atoms in total. The van der Waals surface area contributed by atoms with E-state index in [0.29, 0.717) is 7.57 Å². The summed E-state index contributed by atoms with van der Waals surface area (Å²) in [6, 6.07) is 1.50. The van der Waals surface area contributed by atoms with Gasteiger partial charge in [0.25, 0.3) is 0 Å². The van der Waals surface area contributed by atoms with Gasteiger partial charge in [-0.15, -0.1) is 11.3 Å². The molecular weight excluding hydrogens is 410 g/mol. The first-order valence-corrected chi connectivity index (χ1v) is 8.69. The van der Waals surface area contributed by atoms with Gasteiger partial charge in [0, 0.05) is 6.54 Å². The number of likely N-dealkylation sites (N-methyl/N-ethyl adjacent to an activating group) is 1. The van der Waals surface area contributed by atoms with Crippen LogP contribution in [0.5, 0.6) is 0 Å². The van der Waals surface area contributed by atoms with Crippen LogP contribution in [-0.4, -0.2) is 38.9 Å². The van der Waals surface area contributed by atoms with Gasteiger partial charge in [-0.3, -0.25) is 4.79 Å². The van der Waals surface area contributed by atoms with Crippen molar-refractivity contribution in [1.82, 2.24) is 4.31 Å². The van der Waals surface area contributed by atoms with Crippen LogP contribution >= 0.6 is 43.2 Å². The molecule has 0 amide bonds. The molecule has 0 aliphatic carbocycles. The summed E-state index contributed by atoms with van der Waals surface area (Å²) in [6.45, 7) is 1.56. The predicted octanol–water partition coefficient (Wildman–Crippen LogP) is 2.46. The average Bonchev–Trinajstić information content (AvgIpc) is 2.65. The average molecular weight is 421 g/mol. The van der Waals surface area contributed by atoms with Crippen LogP contribution < -0.4 is 0 Å². The number of halogens is 2. The molecule has 0 saturated heterocycles. The third-order valence-electron chi connectivity index (χ3n) is 2.13. The molecule has 0 spiro atoms. The molecule has 0 bridgehead atoms. The van der Waals surface area contributed by atoms with Crippen molar-refractivity contribution in [2.24, 2.45) is 0 Å². The maximum atomic E-state index is 12.3. The van der Waals surface area contributed by atoms with E-state index >= 15 is 0 Å². The molecule has 0 aliphatic heterocycles. The fourth-order valence-electron chi connectivity index (χ4n) is 1.22. The molecule has 0 atom stereocenters. The number of hydrogen-bond donors (Lipinski definition) is 0. The van der Waals surface area contributed by atoms with Gasteiger partial charge in [-0.1, -0.05) is 6.92 Å². The minimum absolute atomic E-state index is 0.144. The van der Waals surface area contributed by atoms with E-state index in [4.69, 9.17) is 0 Å². The van der Waals surface area contributed by atoms with Crippen LogP contribution in [0, 0.1) is 0 Å². The van der Waals surface area contributed by atoms with Crippen molar-refractivity contribution >= 4 is 59.2 Å².